The van der Waals surface area contributed by atoms with Gasteiger partial charge in [-0.1, -0.05) is 53.2 Å². The Morgan fingerprint density at radius 2 is 2.07 bits per heavy atom. The molecule has 0 radical (unpaired) electrons. The van der Waals surface area contributed by atoms with E-state index in [0.29, 0.717) is 39.9 Å². The summed E-state index contributed by atoms with van der Waals surface area (Å²) in [6.45, 7) is 1.12. The number of nitrogens with one attached hydrogen (secondary N) is 1. The lowest BCUT2D eigenvalue weighted by atomic mass is 10.2. The number of para-hydroxylation sites is 1. The minimum Gasteiger partial charge on any atom is -0.376 e. The van der Waals surface area contributed by atoms with E-state index in [-0.39, 0.29) is 28.3 Å². The highest BCUT2D eigenvalue weighted by molar-refractivity contribution is 7.99. The molecular weight excluding hydrogens is 445 g/mol. The second-order valence-electron chi connectivity index (χ2n) is 6.90. The van der Waals surface area contributed by atoms with Crippen molar-refractivity contribution in [2.45, 2.75) is 30.6 Å². The molecule has 0 aliphatic carbocycles. The highest BCUT2D eigenvalue weighted by Crippen LogP contribution is 2.30. The van der Waals surface area contributed by atoms with Gasteiger partial charge in [0.05, 0.1) is 45.0 Å². The van der Waals surface area contributed by atoms with E-state index in [9.17, 15) is 9.59 Å². The fourth-order valence-electron chi connectivity index (χ4n) is 3.33. The molecule has 3 aromatic rings. The topological polar surface area (TPSA) is 73.2 Å². The first-order chi connectivity index (χ1) is 14.5. The van der Waals surface area contributed by atoms with Gasteiger partial charge in [0, 0.05) is 6.61 Å². The number of anilines is 1. The molecule has 1 aliphatic rings. The van der Waals surface area contributed by atoms with Crippen LogP contribution in [-0.2, 0) is 16.1 Å². The Morgan fingerprint density at radius 1 is 1.23 bits per heavy atom. The second-order valence-corrected chi connectivity index (χ2v) is 8.63. The maximum atomic E-state index is 13.1. The lowest BCUT2D eigenvalue weighted by Gasteiger charge is -2.16. The Morgan fingerprint density at radius 3 is 2.87 bits per heavy atom. The Kier molecular flexibility index (Phi) is 6.63. The van der Waals surface area contributed by atoms with Crippen molar-refractivity contribution < 1.29 is 9.53 Å². The number of halogens is 2. The number of amides is 1. The molecule has 1 N–H and O–H groups in total. The Bertz CT molecular complexity index is 1150. The Labute approximate surface area is 187 Å². The first-order valence-electron chi connectivity index (χ1n) is 9.51. The smallest absolute Gasteiger partial charge is 0.262 e. The number of aromatic nitrogens is 2. The summed E-state index contributed by atoms with van der Waals surface area (Å²) in [5, 5.41) is 4.44. The summed E-state index contributed by atoms with van der Waals surface area (Å²) < 4.78 is 7.32. The van der Waals surface area contributed by atoms with Crippen LogP contribution in [0.2, 0.25) is 10.0 Å². The molecular formula is C21H19Cl2N3O3S. The monoisotopic (exact) mass is 463 g/mol. The van der Waals surface area contributed by atoms with Crippen LogP contribution in [0.5, 0.6) is 0 Å². The van der Waals surface area contributed by atoms with Gasteiger partial charge in [0.1, 0.15) is 0 Å². The van der Waals surface area contributed by atoms with E-state index in [4.69, 9.17) is 27.9 Å². The maximum absolute atomic E-state index is 13.1. The van der Waals surface area contributed by atoms with Gasteiger partial charge in [-0.15, -0.1) is 0 Å². The zero-order valence-corrected chi connectivity index (χ0v) is 18.3. The summed E-state index contributed by atoms with van der Waals surface area (Å²) in [6, 6.07) is 12.2. The van der Waals surface area contributed by atoms with Crippen molar-refractivity contribution in [1.29, 1.82) is 0 Å². The van der Waals surface area contributed by atoms with Crippen molar-refractivity contribution in [2.75, 3.05) is 17.7 Å². The summed E-state index contributed by atoms with van der Waals surface area (Å²) in [5.41, 5.74) is 0.918. The van der Waals surface area contributed by atoms with Gasteiger partial charge in [-0.3, -0.25) is 14.2 Å². The van der Waals surface area contributed by atoms with Gasteiger partial charge in [0.15, 0.2) is 5.16 Å². The normalized spacial score (nSPS) is 16.1. The highest BCUT2D eigenvalue weighted by Gasteiger charge is 2.21. The van der Waals surface area contributed by atoms with Crippen molar-refractivity contribution in [3.63, 3.8) is 0 Å². The molecule has 0 saturated carbocycles. The molecule has 2 aromatic carbocycles. The van der Waals surface area contributed by atoms with Crippen LogP contribution in [0.25, 0.3) is 10.9 Å². The van der Waals surface area contributed by atoms with Crippen LogP contribution < -0.4 is 10.9 Å². The first-order valence-corrected chi connectivity index (χ1v) is 11.2. The molecule has 1 aromatic heterocycles. The third-order valence-corrected chi connectivity index (χ3v) is 6.59. The van der Waals surface area contributed by atoms with Gasteiger partial charge >= 0.3 is 0 Å². The Balaban J connectivity index is 1.57. The number of nitrogens with zero attached hydrogens (tertiary/aromatic N) is 2. The molecule has 1 atom stereocenters. The van der Waals surface area contributed by atoms with Crippen molar-refractivity contribution in [1.82, 2.24) is 9.55 Å². The van der Waals surface area contributed by atoms with Crippen molar-refractivity contribution in [3.8, 4) is 0 Å². The van der Waals surface area contributed by atoms with Crippen molar-refractivity contribution in [2.24, 2.45) is 0 Å². The molecule has 1 amide bonds. The van der Waals surface area contributed by atoms with Gasteiger partial charge in [-0.25, -0.2) is 4.98 Å². The van der Waals surface area contributed by atoms with Crippen molar-refractivity contribution >= 4 is 57.5 Å². The third kappa shape index (κ3) is 4.64. The van der Waals surface area contributed by atoms with Crippen LogP contribution in [-0.4, -0.2) is 33.9 Å². The molecule has 1 unspecified atom stereocenters. The van der Waals surface area contributed by atoms with E-state index in [1.807, 2.05) is 12.1 Å². The molecule has 6 nitrogen and oxygen atoms in total. The summed E-state index contributed by atoms with van der Waals surface area (Å²) >= 11 is 13.3. The molecule has 156 valence electrons. The van der Waals surface area contributed by atoms with Gasteiger partial charge in [-0.05, 0) is 37.1 Å². The number of fused-ring (bicyclic) bond motifs is 1. The van der Waals surface area contributed by atoms with E-state index in [2.05, 4.69) is 10.3 Å². The number of hydrogen-bond donors (Lipinski definition) is 1. The summed E-state index contributed by atoms with van der Waals surface area (Å²) in [6.07, 6.45) is 1.85. The predicted molar refractivity (Wildman–Crippen MR) is 121 cm³/mol. The van der Waals surface area contributed by atoms with E-state index in [1.54, 1.807) is 34.9 Å². The average Bonchev–Trinajstić information content (AvgIpc) is 3.25. The molecule has 1 aliphatic heterocycles. The largest absolute Gasteiger partial charge is 0.376 e. The van der Waals surface area contributed by atoms with Gasteiger partial charge in [-0.2, -0.15) is 0 Å². The van der Waals surface area contributed by atoms with Gasteiger partial charge in [0.2, 0.25) is 5.91 Å². The predicted octanol–water partition coefficient (Wildman–Crippen LogP) is 4.61. The molecule has 30 heavy (non-hydrogen) atoms. The maximum Gasteiger partial charge on any atom is 0.262 e. The van der Waals surface area contributed by atoms with E-state index < -0.39 is 0 Å². The van der Waals surface area contributed by atoms with Crippen LogP contribution in [0, 0.1) is 0 Å². The first kappa shape index (κ1) is 21.2. The minimum absolute atomic E-state index is 0.0240. The van der Waals surface area contributed by atoms with Crippen molar-refractivity contribution in [3.05, 3.63) is 62.9 Å². The summed E-state index contributed by atoms with van der Waals surface area (Å²) in [4.78, 5) is 30.2. The number of benzene rings is 2. The molecule has 9 heteroatoms. The van der Waals surface area contributed by atoms with Crippen LogP contribution in [0.4, 0.5) is 5.69 Å². The standard InChI is InChI=1S/C21H19Cl2N3O3S/c22-15-7-3-9-17(19(15)23)24-18(27)12-30-21-25-16-8-2-1-6-14(16)20(28)26(21)11-13-5-4-10-29-13/h1-3,6-9,13H,4-5,10-12H2,(H,24,27). The SMILES string of the molecule is O=C(CSc1nc2ccccc2c(=O)n1CC1CCCO1)Nc1cccc(Cl)c1Cl. The number of hydrogen-bond acceptors (Lipinski definition) is 5. The number of carbonyl (C=O) groups excluding carboxylic acids is 1. The van der Waals surface area contributed by atoms with Crippen LogP contribution in [0.3, 0.4) is 0 Å². The molecule has 0 spiro atoms. The van der Waals surface area contributed by atoms with Crippen LogP contribution in [0.1, 0.15) is 12.8 Å². The molecule has 2 heterocycles. The fourth-order valence-corrected chi connectivity index (χ4v) is 4.48. The van der Waals surface area contributed by atoms with Gasteiger partial charge < -0.3 is 10.1 Å². The van der Waals surface area contributed by atoms with E-state index in [0.717, 1.165) is 12.8 Å². The molecule has 4 rings (SSSR count). The van der Waals surface area contributed by atoms with E-state index in [1.165, 1.54) is 11.8 Å². The zero-order chi connectivity index (χ0) is 21.1. The fraction of sp³-hybridized carbons (Fsp3) is 0.286. The minimum atomic E-state index is -0.268. The van der Waals surface area contributed by atoms with Gasteiger partial charge in [0.25, 0.3) is 5.56 Å². The Hall–Kier alpha value is -2.06. The quantitative estimate of drug-likeness (QED) is 0.426. The lowest BCUT2D eigenvalue weighted by Crippen LogP contribution is -2.29. The number of thioether (sulfide) groups is 1. The number of carbonyl (C=O) groups is 1. The molecule has 1 saturated heterocycles. The number of ether oxygens (including phenoxy) is 1. The second kappa shape index (κ2) is 9.39. The summed E-state index contributed by atoms with van der Waals surface area (Å²) in [5.74, 6) is -0.200. The highest BCUT2D eigenvalue weighted by atomic mass is 35.5. The zero-order valence-electron chi connectivity index (χ0n) is 15.9. The number of rotatable bonds is 6. The lowest BCUT2D eigenvalue weighted by molar-refractivity contribution is -0.113. The third-order valence-electron chi connectivity index (χ3n) is 4.79. The van der Waals surface area contributed by atoms with Crippen LogP contribution in [0.15, 0.2) is 52.4 Å². The van der Waals surface area contributed by atoms with Crippen LogP contribution >= 0.6 is 35.0 Å². The summed E-state index contributed by atoms with van der Waals surface area (Å²) in [7, 11) is 0. The average molecular weight is 464 g/mol. The van der Waals surface area contributed by atoms with E-state index >= 15 is 0 Å². The molecule has 0 bridgehead atoms. The molecule has 1 fully saturated rings.